The standard InChI is InChI=1S/2C25H36O5S.Ca/c2*1-2-3-4-5-6-7-8-9-10-11-12-16-21-17-13-14-19-23(21)30-25-22(26)18-15-20-24(25)31(27,28)29;/h2*13-15,17-20,26H,2-12,16H2,1H3,(H,27,28,29);/q;;+2/p-2. The van der Waals surface area contributed by atoms with Gasteiger partial charge in [-0.2, -0.15) is 8.42 Å². The smallest absolute Gasteiger partial charge is 0.870 e. The molecule has 2 N–H and O–H groups in total. The molecule has 0 fully saturated rings. The molecule has 0 atom stereocenters. The van der Waals surface area contributed by atoms with E-state index >= 15 is 0 Å². The van der Waals surface area contributed by atoms with Crippen LogP contribution in [-0.4, -0.2) is 68.8 Å². The van der Waals surface area contributed by atoms with Gasteiger partial charge in [-0.15, -0.1) is 0 Å². The van der Waals surface area contributed by atoms with E-state index in [2.05, 4.69) is 13.8 Å². The maximum absolute atomic E-state index is 12.1. The second kappa shape index (κ2) is 31.9. The Bertz CT molecular complexity index is 1940. The van der Waals surface area contributed by atoms with Gasteiger partial charge in [0.2, 0.25) is 0 Å². The Balaban J connectivity index is 0.000000427. The first kappa shape index (κ1) is 56.3. The molecule has 0 unspecified atom stereocenters. The Kier molecular flexibility index (Phi) is 28.5. The second-order valence-corrected chi connectivity index (χ2v) is 18.8. The average Bonchev–Trinajstić information content (AvgIpc) is 3.24. The number of phenols is 1. The van der Waals surface area contributed by atoms with Gasteiger partial charge in [0.05, 0.1) is 4.90 Å². The molecule has 0 heterocycles. The zero-order chi connectivity index (χ0) is 45.1. The van der Waals surface area contributed by atoms with Crippen molar-refractivity contribution in [2.24, 2.45) is 0 Å². The quantitative estimate of drug-likeness (QED) is 0.0291. The van der Waals surface area contributed by atoms with Crippen molar-refractivity contribution in [3.05, 3.63) is 96.1 Å². The maximum Gasteiger partial charge on any atom is 2.00 e. The molecule has 0 aliphatic rings. The summed E-state index contributed by atoms with van der Waals surface area (Å²) < 4.78 is 78.6. The molecule has 0 aliphatic carbocycles. The van der Waals surface area contributed by atoms with Crippen molar-refractivity contribution in [1.82, 2.24) is 0 Å². The molecule has 0 aromatic heterocycles. The Morgan fingerprint density at radius 1 is 0.476 bits per heavy atom. The summed E-state index contributed by atoms with van der Waals surface area (Å²) in [6, 6.07) is 22.1. The first-order valence-electron chi connectivity index (χ1n) is 22.9. The van der Waals surface area contributed by atoms with Crippen LogP contribution in [0.15, 0.2) is 94.7 Å². The summed E-state index contributed by atoms with van der Waals surface area (Å²) in [5.74, 6) is -0.731. The first-order valence-corrected chi connectivity index (χ1v) is 25.8. The van der Waals surface area contributed by atoms with E-state index in [4.69, 9.17) is 9.47 Å². The average molecular weight is 935 g/mol. The summed E-state index contributed by atoms with van der Waals surface area (Å²) in [5, 5.41) is 22.2. The van der Waals surface area contributed by atoms with Crippen molar-refractivity contribution in [2.45, 2.75) is 178 Å². The Morgan fingerprint density at radius 3 is 1.25 bits per heavy atom. The molecule has 0 radical (unpaired) electrons. The fourth-order valence-corrected chi connectivity index (χ4v) is 8.65. The van der Waals surface area contributed by atoms with Gasteiger partial charge < -0.3 is 24.2 Å². The summed E-state index contributed by atoms with van der Waals surface area (Å²) >= 11 is 0. The molecule has 344 valence electrons. The number of ether oxygens (including phenoxy) is 2. The predicted molar refractivity (Wildman–Crippen MR) is 251 cm³/mol. The molecule has 0 saturated heterocycles. The summed E-state index contributed by atoms with van der Waals surface area (Å²) in [6.07, 6.45) is 29.4. The van der Waals surface area contributed by atoms with Gasteiger partial charge in [-0.05, 0) is 67.1 Å². The van der Waals surface area contributed by atoms with Crippen LogP contribution in [0.1, 0.15) is 166 Å². The van der Waals surface area contributed by atoms with E-state index in [0.29, 0.717) is 11.5 Å². The van der Waals surface area contributed by atoms with Crippen LogP contribution in [0.3, 0.4) is 0 Å². The number of aromatic hydroxyl groups is 1. The molecule has 0 saturated carbocycles. The molecule has 13 heteroatoms. The van der Waals surface area contributed by atoms with Gasteiger partial charge >= 0.3 is 37.7 Å². The van der Waals surface area contributed by atoms with Crippen LogP contribution in [0.4, 0.5) is 0 Å². The van der Waals surface area contributed by atoms with E-state index < -0.39 is 41.5 Å². The first-order chi connectivity index (χ1) is 29.9. The molecule has 4 rings (SSSR count). The zero-order valence-corrected chi connectivity index (χ0v) is 41.6. The fraction of sp³-hybridized carbons (Fsp3) is 0.520. The maximum atomic E-state index is 12.1. The van der Waals surface area contributed by atoms with Crippen LogP contribution in [0.25, 0.3) is 0 Å². The van der Waals surface area contributed by atoms with E-state index in [-0.39, 0.29) is 49.2 Å². The molecular formula is C50H70CaO10S2. The van der Waals surface area contributed by atoms with Crippen LogP contribution in [0, 0.1) is 0 Å². The van der Waals surface area contributed by atoms with Crippen molar-refractivity contribution >= 4 is 58.0 Å². The van der Waals surface area contributed by atoms with E-state index in [1.54, 1.807) is 24.3 Å². The zero-order valence-electron chi connectivity index (χ0n) is 37.7. The summed E-state index contributed by atoms with van der Waals surface area (Å²) in [4.78, 5) is -1.07. The monoisotopic (exact) mass is 934 g/mol. The number of hydrogen-bond acceptors (Lipinski definition) is 9. The Morgan fingerprint density at radius 2 is 0.841 bits per heavy atom. The van der Waals surface area contributed by atoms with Crippen molar-refractivity contribution in [3.8, 4) is 34.5 Å². The van der Waals surface area contributed by atoms with Gasteiger partial charge in [-0.3, -0.25) is 4.55 Å². The summed E-state index contributed by atoms with van der Waals surface area (Å²) in [7, 11) is -9.32. The number of benzene rings is 4. The number of rotatable bonds is 30. The van der Waals surface area contributed by atoms with Crippen LogP contribution >= 0.6 is 0 Å². The molecule has 10 nitrogen and oxygen atoms in total. The van der Waals surface area contributed by atoms with Gasteiger partial charge in [0, 0.05) is 0 Å². The molecular weight excluding hydrogens is 865 g/mol. The van der Waals surface area contributed by atoms with Gasteiger partial charge in [-0.1, -0.05) is 203 Å². The minimum atomic E-state index is -4.80. The fourth-order valence-electron chi connectivity index (χ4n) is 7.40. The molecule has 0 spiro atoms. The molecule has 0 bridgehead atoms. The SMILES string of the molecule is CCCCCCCCCCCCCc1ccccc1Oc1c(O)cccc1S(=O)(=O)O.CCCCCCCCCCCCCc1ccccc1Oc1c([O-])cccc1S(=O)(=O)[O-].[Ca+2]. The van der Waals surface area contributed by atoms with Crippen LogP contribution in [0.5, 0.6) is 34.5 Å². The van der Waals surface area contributed by atoms with E-state index in [0.717, 1.165) is 55.7 Å². The van der Waals surface area contributed by atoms with E-state index in [1.165, 1.54) is 146 Å². The summed E-state index contributed by atoms with van der Waals surface area (Å²) in [5.41, 5.74) is 1.85. The number of unbranched alkanes of at least 4 members (excludes halogenated alkanes) is 20. The van der Waals surface area contributed by atoms with Crippen LogP contribution < -0.4 is 14.6 Å². The van der Waals surface area contributed by atoms with Crippen LogP contribution in [0.2, 0.25) is 0 Å². The molecule has 4 aromatic rings. The van der Waals surface area contributed by atoms with Gasteiger partial charge in [-0.25, -0.2) is 8.42 Å². The Hall–Kier alpha value is -2.84. The van der Waals surface area contributed by atoms with Gasteiger partial charge in [0.25, 0.3) is 10.1 Å². The minimum absolute atomic E-state index is 0. The largest absolute Gasteiger partial charge is 2.00 e. The molecule has 63 heavy (non-hydrogen) atoms. The normalized spacial score (nSPS) is 11.4. The third-order valence-electron chi connectivity index (χ3n) is 10.9. The molecule has 4 aromatic carbocycles. The Labute approximate surface area is 408 Å². The second-order valence-electron chi connectivity index (χ2n) is 16.1. The summed E-state index contributed by atoms with van der Waals surface area (Å²) in [6.45, 7) is 4.48. The third kappa shape index (κ3) is 22.3. The van der Waals surface area contributed by atoms with Crippen molar-refractivity contribution in [3.63, 3.8) is 0 Å². The van der Waals surface area contributed by atoms with Crippen LogP contribution in [-0.2, 0) is 33.1 Å². The van der Waals surface area contributed by atoms with Crippen molar-refractivity contribution in [2.75, 3.05) is 0 Å². The van der Waals surface area contributed by atoms with Crippen molar-refractivity contribution in [1.29, 1.82) is 0 Å². The number of para-hydroxylation sites is 4. The number of aryl methyl sites for hydroxylation is 2. The van der Waals surface area contributed by atoms with E-state index in [1.807, 2.05) is 24.3 Å². The predicted octanol–water partition coefficient (Wildman–Crippen LogP) is 13.2. The van der Waals surface area contributed by atoms with E-state index in [9.17, 15) is 36.2 Å². The van der Waals surface area contributed by atoms with Crippen molar-refractivity contribution < 1.29 is 45.6 Å². The molecule has 0 amide bonds. The number of phenolic OH excluding ortho intramolecular Hbond substituents is 1. The van der Waals surface area contributed by atoms with Gasteiger partial charge in [0.1, 0.15) is 32.3 Å². The van der Waals surface area contributed by atoms with Gasteiger partial charge in [0.15, 0.2) is 11.5 Å². The number of hydrogen-bond donors (Lipinski definition) is 2. The topological polar surface area (TPSA) is 173 Å². The minimum Gasteiger partial charge on any atom is -0.870 e. The third-order valence-corrected chi connectivity index (χ3v) is 12.7. The molecule has 0 aliphatic heterocycles.